The predicted octanol–water partition coefficient (Wildman–Crippen LogP) is 1.71. The Morgan fingerprint density at radius 2 is 2.00 bits per heavy atom. The van der Waals surface area contributed by atoms with Gasteiger partial charge in [-0.2, -0.15) is 0 Å². The van der Waals surface area contributed by atoms with Gasteiger partial charge in [-0.05, 0) is 40.1 Å². The molecule has 116 valence electrons. The van der Waals surface area contributed by atoms with Crippen molar-refractivity contribution >= 4 is 17.3 Å². The van der Waals surface area contributed by atoms with Crippen molar-refractivity contribution in [1.29, 1.82) is 0 Å². The molecule has 0 aliphatic carbocycles. The first-order valence-electron chi connectivity index (χ1n) is 6.61. The Morgan fingerprint density at radius 3 is 2.48 bits per heavy atom. The van der Waals surface area contributed by atoms with E-state index in [1.807, 2.05) is 32.8 Å². The zero-order chi connectivity index (χ0) is 16.2. The van der Waals surface area contributed by atoms with Gasteiger partial charge in [-0.25, -0.2) is 0 Å². The quantitative estimate of drug-likeness (QED) is 0.616. The van der Waals surface area contributed by atoms with Crippen LogP contribution >= 0.6 is 0 Å². The standard InChI is InChI=1S/C14H22N4O3/c1-14(2,17(4)5)9-16-11-7-6-10(13(19)15-3)8-12(11)18(20)21/h6-8,16H,9H2,1-5H3,(H,15,19). The Kier molecular flexibility index (Phi) is 5.26. The summed E-state index contributed by atoms with van der Waals surface area (Å²) in [5.74, 6) is -0.349. The van der Waals surface area contributed by atoms with Crippen LogP contribution in [0.4, 0.5) is 11.4 Å². The van der Waals surface area contributed by atoms with Crippen molar-refractivity contribution in [1.82, 2.24) is 10.2 Å². The SMILES string of the molecule is CNC(=O)c1ccc(NCC(C)(C)N(C)C)c([N+](=O)[O-])c1. The number of carbonyl (C=O) groups excluding carboxylic acids is 1. The summed E-state index contributed by atoms with van der Waals surface area (Å²) in [5.41, 5.74) is 0.405. The number of benzene rings is 1. The van der Waals surface area contributed by atoms with E-state index in [0.717, 1.165) is 0 Å². The first-order chi connectivity index (χ1) is 9.69. The second kappa shape index (κ2) is 6.53. The summed E-state index contributed by atoms with van der Waals surface area (Å²) < 4.78 is 0. The molecule has 0 spiro atoms. The number of hydrogen-bond acceptors (Lipinski definition) is 5. The average molecular weight is 294 g/mol. The molecule has 0 saturated carbocycles. The lowest BCUT2D eigenvalue weighted by Gasteiger charge is -2.32. The highest BCUT2D eigenvalue weighted by molar-refractivity contribution is 5.95. The van der Waals surface area contributed by atoms with E-state index in [-0.39, 0.29) is 22.7 Å². The number of nitrogens with one attached hydrogen (secondary N) is 2. The minimum absolute atomic E-state index is 0.106. The second-order valence-corrected chi connectivity index (χ2v) is 5.63. The highest BCUT2D eigenvalue weighted by atomic mass is 16.6. The third-order valence-corrected chi connectivity index (χ3v) is 3.61. The Labute approximate surface area is 124 Å². The number of carbonyl (C=O) groups is 1. The van der Waals surface area contributed by atoms with Crippen LogP contribution in [0.3, 0.4) is 0 Å². The van der Waals surface area contributed by atoms with Gasteiger partial charge in [0.05, 0.1) is 4.92 Å². The largest absolute Gasteiger partial charge is 0.378 e. The summed E-state index contributed by atoms with van der Waals surface area (Å²) >= 11 is 0. The molecule has 7 nitrogen and oxygen atoms in total. The minimum Gasteiger partial charge on any atom is -0.378 e. The lowest BCUT2D eigenvalue weighted by Crippen LogP contribution is -2.44. The Bertz CT molecular complexity index is 541. The first kappa shape index (κ1) is 16.9. The number of nitro groups is 1. The highest BCUT2D eigenvalue weighted by Crippen LogP contribution is 2.26. The number of hydrogen-bond donors (Lipinski definition) is 2. The van der Waals surface area contributed by atoms with Crippen LogP contribution in [0.1, 0.15) is 24.2 Å². The molecular weight excluding hydrogens is 272 g/mol. The van der Waals surface area contributed by atoms with E-state index in [2.05, 4.69) is 10.6 Å². The van der Waals surface area contributed by atoms with Gasteiger partial charge in [0.15, 0.2) is 0 Å². The monoisotopic (exact) mass is 294 g/mol. The van der Waals surface area contributed by atoms with Gasteiger partial charge in [0.2, 0.25) is 0 Å². The van der Waals surface area contributed by atoms with Crippen LogP contribution in [0.2, 0.25) is 0 Å². The molecule has 1 aromatic carbocycles. The van der Waals surface area contributed by atoms with Gasteiger partial charge in [0.25, 0.3) is 11.6 Å². The maximum atomic E-state index is 11.5. The summed E-state index contributed by atoms with van der Waals surface area (Å²) in [6.45, 7) is 4.61. The summed E-state index contributed by atoms with van der Waals surface area (Å²) in [4.78, 5) is 24.3. The van der Waals surface area contributed by atoms with Gasteiger partial charge in [0, 0.05) is 30.8 Å². The van der Waals surface area contributed by atoms with Crippen molar-refractivity contribution < 1.29 is 9.72 Å². The second-order valence-electron chi connectivity index (χ2n) is 5.63. The topological polar surface area (TPSA) is 87.5 Å². The van der Waals surface area contributed by atoms with Gasteiger partial charge < -0.3 is 15.5 Å². The summed E-state index contributed by atoms with van der Waals surface area (Å²) in [6, 6.07) is 4.41. The van der Waals surface area contributed by atoms with Crippen molar-refractivity contribution in [2.45, 2.75) is 19.4 Å². The summed E-state index contributed by atoms with van der Waals surface area (Å²) in [5, 5.41) is 16.7. The lowest BCUT2D eigenvalue weighted by molar-refractivity contribution is -0.384. The molecule has 0 radical (unpaired) electrons. The molecule has 0 heterocycles. The Balaban J connectivity index is 3.03. The highest BCUT2D eigenvalue weighted by Gasteiger charge is 2.23. The molecule has 0 atom stereocenters. The lowest BCUT2D eigenvalue weighted by atomic mass is 10.0. The maximum Gasteiger partial charge on any atom is 0.293 e. The third kappa shape index (κ3) is 4.16. The van der Waals surface area contributed by atoms with Crippen molar-refractivity contribution in [2.24, 2.45) is 0 Å². The summed E-state index contributed by atoms with van der Waals surface area (Å²) in [7, 11) is 5.38. The van der Waals surface area contributed by atoms with E-state index in [9.17, 15) is 14.9 Å². The number of amides is 1. The fourth-order valence-electron chi connectivity index (χ4n) is 1.59. The van der Waals surface area contributed by atoms with Crippen molar-refractivity contribution in [3.05, 3.63) is 33.9 Å². The van der Waals surface area contributed by atoms with Gasteiger partial charge >= 0.3 is 0 Å². The van der Waals surface area contributed by atoms with Crippen LogP contribution in [0.15, 0.2) is 18.2 Å². The zero-order valence-electron chi connectivity index (χ0n) is 13.1. The van der Waals surface area contributed by atoms with Crippen LogP contribution in [0, 0.1) is 10.1 Å². The summed E-state index contributed by atoms with van der Waals surface area (Å²) in [6.07, 6.45) is 0. The zero-order valence-corrected chi connectivity index (χ0v) is 13.1. The van der Waals surface area contributed by atoms with Crippen LogP contribution in [-0.2, 0) is 0 Å². The number of likely N-dealkylation sites (N-methyl/N-ethyl adjacent to an activating group) is 1. The minimum atomic E-state index is -0.489. The molecule has 0 unspecified atom stereocenters. The molecule has 0 saturated heterocycles. The van der Waals surface area contributed by atoms with E-state index >= 15 is 0 Å². The molecule has 1 aromatic rings. The molecule has 1 amide bonds. The van der Waals surface area contributed by atoms with Gasteiger partial charge in [-0.1, -0.05) is 0 Å². The Hall–Kier alpha value is -2.15. The molecule has 21 heavy (non-hydrogen) atoms. The number of rotatable bonds is 6. The van der Waals surface area contributed by atoms with Crippen LogP contribution in [0.25, 0.3) is 0 Å². The smallest absolute Gasteiger partial charge is 0.293 e. The molecule has 0 bridgehead atoms. The predicted molar refractivity (Wildman–Crippen MR) is 82.7 cm³/mol. The molecule has 7 heteroatoms. The molecule has 0 aromatic heterocycles. The molecule has 2 N–H and O–H groups in total. The van der Waals surface area contributed by atoms with E-state index in [0.29, 0.717) is 12.2 Å². The number of nitro benzene ring substituents is 1. The molecular formula is C14H22N4O3. The average Bonchev–Trinajstić information content (AvgIpc) is 2.43. The first-order valence-corrected chi connectivity index (χ1v) is 6.61. The van der Waals surface area contributed by atoms with E-state index in [1.54, 1.807) is 12.1 Å². The molecule has 0 aliphatic heterocycles. The van der Waals surface area contributed by atoms with Gasteiger partial charge in [-0.3, -0.25) is 14.9 Å². The fraction of sp³-hybridized carbons (Fsp3) is 0.500. The van der Waals surface area contributed by atoms with Crippen molar-refractivity contribution in [3.8, 4) is 0 Å². The van der Waals surface area contributed by atoms with Crippen LogP contribution in [0.5, 0.6) is 0 Å². The van der Waals surface area contributed by atoms with Crippen molar-refractivity contribution in [2.75, 3.05) is 33.0 Å². The van der Waals surface area contributed by atoms with E-state index in [1.165, 1.54) is 13.1 Å². The van der Waals surface area contributed by atoms with Gasteiger partial charge in [0.1, 0.15) is 5.69 Å². The van der Waals surface area contributed by atoms with Gasteiger partial charge in [-0.15, -0.1) is 0 Å². The van der Waals surface area contributed by atoms with E-state index < -0.39 is 4.92 Å². The van der Waals surface area contributed by atoms with Crippen LogP contribution < -0.4 is 10.6 Å². The van der Waals surface area contributed by atoms with Crippen molar-refractivity contribution in [3.63, 3.8) is 0 Å². The fourth-order valence-corrected chi connectivity index (χ4v) is 1.59. The Morgan fingerprint density at radius 1 is 1.38 bits per heavy atom. The normalized spacial score (nSPS) is 11.3. The molecule has 1 rings (SSSR count). The van der Waals surface area contributed by atoms with Crippen LogP contribution in [-0.4, -0.2) is 49.0 Å². The number of anilines is 1. The molecule has 0 aliphatic rings. The molecule has 0 fully saturated rings. The number of nitrogens with zero attached hydrogens (tertiary/aromatic N) is 2. The van der Waals surface area contributed by atoms with E-state index in [4.69, 9.17) is 0 Å². The maximum absolute atomic E-state index is 11.5. The third-order valence-electron chi connectivity index (χ3n) is 3.61.